The third-order valence-corrected chi connectivity index (χ3v) is 2.66. The zero-order chi connectivity index (χ0) is 7.28. The summed E-state index contributed by atoms with van der Waals surface area (Å²) in [5.41, 5.74) is -1.46. The van der Waals surface area contributed by atoms with Crippen molar-refractivity contribution in [3.05, 3.63) is 0 Å². The molecule has 0 aliphatic heterocycles. The topological polar surface area (TPSA) is 37.3 Å². The number of aliphatic hydroxyl groups is 1. The highest BCUT2D eigenvalue weighted by Crippen LogP contribution is 2.53. The van der Waals surface area contributed by atoms with E-state index in [-0.39, 0.29) is 5.78 Å². The Morgan fingerprint density at radius 3 is 1.89 bits per heavy atom. The minimum atomic E-state index is -1.03. The highest BCUT2D eigenvalue weighted by atomic mass is 16.3. The predicted molar refractivity (Wildman–Crippen MR) is 34.0 cm³/mol. The average molecular weight is 128 g/mol. The molecular formula is C7H12O2. The molecule has 1 aliphatic rings. The monoisotopic (exact) mass is 128 g/mol. The van der Waals surface area contributed by atoms with E-state index in [1.54, 1.807) is 13.8 Å². The van der Waals surface area contributed by atoms with Crippen molar-refractivity contribution >= 4 is 5.78 Å². The number of carbonyl (C=O) groups is 1. The van der Waals surface area contributed by atoms with Crippen molar-refractivity contribution in [1.82, 2.24) is 0 Å². The van der Waals surface area contributed by atoms with Crippen molar-refractivity contribution < 1.29 is 9.90 Å². The van der Waals surface area contributed by atoms with Crippen molar-refractivity contribution in [1.29, 1.82) is 0 Å². The Bertz CT molecular complexity index is 160. The van der Waals surface area contributed by atoms with Crippen molar-refractivity contribution in [2.45, 2.75) is 32.8 Å². The number of ketones is 1. The van der Waals surface area contributed by atoms with Crippen LogP contribution in [0.1, 0.15) is 27.2 Å². The van der Waals surface area contributed by atoms with Gasteiger partial charge < -0.3 is 5.11 Å². The van der Waals surface area contributed by atoms with E-state index in [9.17, 15) is 9.90 Å². The van der Waals surface area contributed by atoms with Crippen LogP contribution in [0.3, 0.4) is 0 Å². The molecule has 0 heterocycles. The van der Waals surface area contributed by atoms with Crippen LogP contribution in [-0.4, -0.2) is 16.5 Å². The Morgan fingerprint density at radius 1 is 1.56 bits per heavy atom. The van der Waals surface area contributed by atoms with E-state index in [0.717, 1.165) is 6.42 Å². The Balaban J connectivity index is 2.82. The maximum atomic E-state index is 10.8. The molecule has 9 heavy (non-hydrogen) atoms. The molecule has 2 unspecified atom stereocenters. The molecule has 2 nitrogen and oxygen atoms in total. The number of rotatable bonds is 1. The fraction of sp³-hybridized carbons (Fsp3) is 0.857. The van der Waals surface area contributed by atoms with Gasteiger partial charge in [-0.1, -0.05) is 6.92 Å². The van der Waals surface area contributed by atoms with Crippen LogP contribution in [0, 0.1) is 5.41 Å². The average Bonchev–Trinajstić information content (AvgIpc) is 2.16. The zero-order valence-corrected chi connectivity index (χ0v) is 6.06. The van der Waals surface area contributed by atoms with Crippen molar-refractivity contribution in [2.75, 3.05) is 0 Å². The first-order chi connectivity index (χ1) is 3.97. The Labute approximate surface area is 54.9 Å². The van der Waals surface area contributed by atoms with Gasteiger partial charge in [-0.2, -0.15) is 0 Å². The molecule has 0 spiro atoms. The van der Waals surface area contributed by atoms with Crippen LogP contribution in [0.15, 0.2) is 0 Å². The van der Waals surface area contributed by atoms with Gasteiger partial charge >= 0.3 is 0 Å². The molecule has 1 saturated carbocycles. The van der Waals surface area contributed by atoms with Crippen LogP contribution in [0.25, 0.3) is 0 Å². The van der Waals surface area contributed by atoms with Crippen LogP contribution < -0.4 is 0 Å². The quantitative estimate of drug-likeness (QED) is 0.565. The van der Waals surface area contributed by atoms with E-state index >= 15 is 0 Å². The summed E-state index contributed by atoms with van der Waals surface area (Å²) in [6, 6.07) is 0. The highest BCUT2D eigenvalue weighted by Gasteiger charge is 2.69. The number of Topliss-reactive ketones (excluding diaryl/α,β-unsaturated/α-hetero) is 1. The van der Waals surface area contributed by atoms with Gasteiger partial charge in [0.05, 0.1) is 5.41 Å². The summed E-state index contributed by atoms with van der Waals surface area (Å²) < 4.78 is 0. The first kappa shape index (κ1) is 6.75. The van der Waals surface area contributed by atoms with E-state index in [1.165, 1.54) is 0 Å². The van der Waals surface area contributed by atoms with E-state index in [1.807, 2.05) is 6.92 Å². The summed E-state index contributed by atoms with van der Waals surface area (Å²) >= 11 is 0. The van der Waals surface area contributed by atoms with Crippen molar-refractivity contribution in [3.8, 4) is 0 Å². The zero-order valence-electron chi connectivity index (χ0n) is 6.06. The summed E-state index contributed by atoms with van der Waals surface area (Å²) in [5, 5.41) is 9.27. The fourth-order valence-electron chi connectivity index (χ4n) is 1.20. The molecule has 1 rings (SSSR count). The Morgan fingerprint density at radius 2 is 1.89 bits per heavy atom. The third kappa shape index (κ3) is 0.517. The van der Waals surface area contributed by atoms with Crippen LogP contribution in [0.5, 0.6) is 0 Å². The molecule has 0 radical (unpaired) electrons. The Kier molecular flexibility index (Phi) is 1.03. The highest BCUT2D eigenvalue weighted by molar-refractivity contribution is 6.10. The molecule has 2 atom stereocenters. The lowest BCUT2D eigenvalue weighted by Gasteiger charge is -2.04. The lowest BCUT2D eigenvalue weighted by atomic mass is 10.0. The van der Waals surface area contributed by atoms with Crippen LogP contribution >= 0.6 is 0 Å². The summed E-state index contributed by atoms with van der Waals surface area (Å²) in [5.74, 6) is -0.0162. The second-order valence-electron chi connectivity index (χ2n) is 3.09. The lowest BCUT2D eigenvalue weighted by molar-refractivity contribution is -0.116. The second-order valence-corrected chi connectivity index (χ2v) is 3.09. The minimum Gasteiger partial charge on any atom is -0.381 e. The summed E-state index contributed by atoms with van der Waals surface area (Å²) in [4.78, 5) is 10.8. The molecule has 0 saturated heterocycles. The Hall–Kier alpha value is -0.370. The van der Waals surface area contributed by atoms with E-state index in [2.05, 4.69) is 0 Å². The smallest absolute Gasteiger partial charge is 0.174 e. The molecule has 2 heteroatoms. The normalized spacial score (nSPS) is 49.6. The molecule has 0 aromatic rings. The number of hydrogen-bond acceptors (Lipinski definition) is 2. The molecule has 0 aromatic carbocycles. The van der Waals surface area contributed by atoms with Gasteiger partial charge in [0.2, 0.25) is 0 Å². The SMILES string of the molecule is CCC1(C)C(=O)C1(C)O. The van der Waals surface area contributed by atoms with E-state index in [0.29, 0.717) is 0 Å². The van der Waals surface area contributed by atoms with Gasteiger partial charge in [-0.25, -0.2) is 0 Å². The lowest BCUT2D eigenvalue weighted by Crippen LogP contribution is -2.11. The first-order valence-electron chi connectivity index (χ1n) is 3.24. The molecule has 0 aromatic heterocycles. The molecule has 1 N–H and O–H groups in total. The number of carbonyl (C=O) groups excluding carboxylic acids is 1. The van der Waals surface area contributed by atoms with Gasteiger partial charge in [0.1, 0.15) is 5.60 Å². The van der Waals surface area contributed by atoms with Gasteiger partial charge in [-0.3, -0.25) is 4.79 Å². The van der Waals surface area contributed by atoms with Gasteiger partial charge in [0.25, 0.3) is 0 Å². The minimum absolute atomic E-state index is 0.0162. The number of hydrogen-bond donors (Lipinski definition) is 1. The molecule has 1 fully saturated rings. The van der Waals surface area contributed by atoms with Crippen molar-refractivity contribution in [2.24, 2.45) is 5.41 Å². The summed E-state index contributed by atoms with van der Waals surface area (Å²) in [6.45, 7) is 5.30. The van der Waals surface area contributed by atoms with Crippen molar-refractivity contribution in [3.63, 3.8) is 0 Å². The van der Waals surface area contributed by atoms with Crippen LogP contribution in [0.2, 0.25) is 0 Å². The molecule has 0 bridgehead atoms. The van der Waals surface area contributed by atoms with Gasteiger partial charge in [-0.05, 0) is 20.3 Å². The standard InChI is InChI=1S/C7H12O2/c1-4-6(2)5(8)7(6,3)9/h9H,4H2,1-3H3. The van der Waals surface area contributed by atoms with Crippen LogP contribution in [-0.2, 0) is 4.79 Å². The van der Waals surface area contributed by atoms with E-state index in [4.69, 9.17) is 0 Å². The summed E-state index contributed by atoms with van der Waals surface area (Å²) in [6.07, 6.45) is 0.735. The maximum Gasteiger partial charge on any atom is 0.174 e. The van der Waals surface area contributed by atoms with Gasteiger partial charge in [0.15, 0.2) is 5.78 Å². The fourth-order valence-corrected chi connectivity index (χ4v) is 1.20. The van der Waals surface area contributed by atoms with Crippen LogP contribution in [0.4, 0.5) is 0 Å². The van der Waals surface area contributed by atoms with E-state index < -0.39 is 11.0 Å². The molecule has 0 amide bonds. The van der Waals surface area contributed by atoms with Gasteiger partial charge in [0, 0.05) is 0 Å². The maximum absolute atomic E-state index is 10.8. The second kappa shape index (κ2) is 1.37. The first-order valence-corrected chi connectivity index (χ1v) is 3.24. The van der Waals surface area contributed by atoms with Gasteiger partial charge in [-0.15, -0.1) is 0 Å². The molecular weight excluding hydrogens is 116 g/mol. The predicted octanol–water partition coefficient (Wildman–Crippen LogP) is 0.736. The third-order valence-electron chi connectivity index (χ3n) is 2.66. The molecule has 1 aliphatic carbocycles. The molecule has 52 valence electrons. The largest absolute Gasteiger partial charge is 0.381 e. The summed E-state index contributed by atoms with van der Waals surface area (Å²) in [7, 11) is 0.